The van der Waals surface area contributed by atoms with E-state index < -0.39 is 0 Å². The maximum absolute atomic E-state index is 13.4. The summed E-state index contributed by atoms with van der Waals surface area (Å²) in [6.45, 7) is 4.36. The van der Waals surface area contributed by atoms with Crippen molar-refractivity contribution in [1.29, 1.82) is 0 Å². The van der Waals surface area contributed by atoms with E-state index in [9.17, 15) is 4.39 Å². The molecule has 3 heteroatoms. The predicted molar refractivity (Wildman–Crippen MR) is 67.4 cm³/mol. The van der Waals surface area contributed by atoms with Gasteiger partial charge in [-0.15, -0.1) is 0 Å². The lowest BCUT2D eigenvalue weighted by Crippen LogP contribution is -2.04. The molecule has 2 nitrogen and oxygen atoms in total. The SMILES string of the molecule is Cc1ccc(NCc2ccccc2F)c(C)n1. The predicted octanol–water partition coefficient (Wildman–Crippen LogP) is 3.45. The number of aryl methyl sites for hydroxylation is 2. The van der Waals surface area contributed by atoms with Crippen LogP contribution < -0.4 is 5.32 Å². The minimum Gasteiger partial charge on any atom is -0.379 e. The smallest absolute Gasteiger partial charge is 0.128 e. The summed E-state index contributed by atoms with van der Waals surface area (Å²) in [6, 6.07) is 10.7. The number of rotatable bonds is 3. The maximum Gasteiger partial charge on any atom is 0.128 e. The summed E-state index contributed by atoms with van der Waals surface area (Å²) in [5.74, 6) is -0.183. The largest absolute Gasteiger partial charge is 0.379 e. The van der Waals surface area contributed by atoms with Crippen molar-refractivity contribution in [3.8, 4) is 0 Å². The molecule has 0 aliphatic rings. The standard InChI is InChI=1S/C14H15FN2/c1-10-7-8-14(11(2)17-10)16-9-12-5-3-4-6-13(12)15/h3-8,16H,9H2,1-2H3. The second kappa shape index (κ2) is 4.95. The molecule has 0 amide bonds. The molecule has 1 heterocycles. The second-order valence-electron chi connectivity index (χ2n) is 4.03. The van der Waals surface area contributed by atoms with E-state index in [2.05, 4.69) is 10.3 Å². The fourth-order valence-corrected chi connectivity index (χ4v) is 1.71. The van der Waals surface area contributed by atoms with Crippen molar-refractivity contribution in [1.82, 2.24) is 4.98 Å². The minimum absolute atomic E-state index is 0.183. The van der Waals surface area contributed by atoms with Gasteiger partial charge >= 0.3 is 0 Å². The molecule has 1 aromatic heterocycles. The van der Waals surface area contributed by atoms with Gasteiger partial charge in [0.15, 0.2) is 0 Å². The van der Waals surface area contributed by atoms with Gasteiger partial charge in [-0.25, -0.2) is 4.39 Å². The van der Waals surface area contributed by atoms with Crippen molar-refractivity contribution in [3.05, 3.63) is 59.2 Å². The topological polar surface area (TPSA) is 24.9 Å². The van der Waals surface area contributed by atoms with Gasteiger partial charge in [0.25, 0.3) is 0 Å². The highest BCUT2D eigenvalue weighted by molar-refractivity contribution is 5.48. The van der Waals surface area contributed by atoms with E-state index in [0.29, 0.717) is 12.1 Å². The van der Waals surface area contributed by atoms with Crippen LogP contribution in [0.15, 0.2) is 36.4 Å². The number of nitrogens with zero attached hydrogens (tertiary/aromatic N) is 1. The molecule has 0 aliphatic heterocycles. The van der Waals surface area contributed by atoms with Crippen LogP contribution in [0, 0.1) is 19.7 Å². The Labute approximate surface area is 101 Å². The first-order valence-electron chi connectivity index (χ1n) is 5.58. The zero-order valence-electron chi connectivity index (χ0n) is 10.00. The Morgan fingerprint density at radius 2 is 1.88 bits per heavy atom. The van der Waals surface area contributed by atoms with E-state index in [1.807, 2.05) is 32.0 Å². The lowest BCUT2D eigenvalue weighted by Gasteiger charge is -2.10. The third-order valence-electron chi connectivity index (χ3n) is 2.65. The van der Waals surface area contributed by atoms with Crippen molar-refractivity contribution in [2.45, 2.75) is 20.4 Å². The third-order valence-corrected chi connectivity index (χ3v) is 2.65. The molecule has 0 unspecified atom stereocenters. The Bertz CT molecular complexity index is 523. The van der Waals surface area contributed by atoms with Crippen LogP contribution in [-0.4, -0.2) is 4.98 Å². The molecule has 1 N–H and O–H groups in total. The zero-order chi connectivity index (χ0) is 12.3. The molecule has 0 bridgehead atoms. The van der Waals surface area contributed by atoms with Crippen LogP contribution in [0.5, 0.6) is 0 Å². The van der Waals surface area contributed by atoms with Gasteiger partial charge in [-0.1, -0.05) is 18.2 Å². The average Bonchev–Trinajstić information content (AvgIpc) is 2.30. The van der Waals surface area contributed by atoms with Crippen LogP contribution in [0.1, 0.15) is 17.0 Å². The van der Waals surface area contributed by atoms with Gasteiger partial charge in [0, 0.05) is 17.8 Å². The van der Waals surface area contributed by atoms with Crippen molar-refractivity contribution in [3.63, 3.8) is 0 Å². The number of hydrogen-bond donors (Lipinski definition) is 1. The fraction of sp³-hybridized carbons (Fsp3) is 0.214. The summed E-state index contributed by atoms with van der Waals surface area (Å²) in [6.07, 6.45) is 0. The molecular formula is C14H15FN2. The number of hydrogen-bond acceptors (Lipinski definition) is 2. The molecule has 0 spiro atoms. The molecule has 0 fully saturated rings. The van der Waals surface area contributed by atoms with Gasteiger partial charge in [0.2, 0.25) is 0 Å². The molecule has 17 heavy (non-hydrogen) atoms. The first-order valence-corrected chi connectivity index (χ1v) is 5.58. The number of anilines is 1. The quantitative estimate of drug-likeness (QED) is 0.873. The molecule has 88 valence electrons. The van der Waals surface area contributed by atoms with Gasteiger partial charge in [-0.05, 0) is 32.0 Å². The summed E-state index contributed by atoms with van der Waals surface area (Å²) in [7, 11) is 0. The number of pyridine rings is 1. The molecule has 0 radical (unpaired) electrons. The Morgan fingerprint density at radius 1 is 1.12 bits per heavy atom. The van der Waals surface area contributed by atoms with Crippen LogP contribution >= 0.6 is 0 Å². The molecule has 0 aliphatic carbocycles. The fourth-order valence-electron chi connectivity index (χ4n) is 1.71. The molecule has 2 aromatic rings. The number of halogens is 1. The zero-order valence-corrected chi connectivity index (χ0v) is 10.00. The van der Waals surface area contributed by atoms with Crippen LogP contribution in [-0.2, 0) is 6.54 Å². The lowest BCUT2D eigenvalue weighted by atomic mass is 10.2. The highest BCUT2D eigenvalue weighted by Gasteiger charge is 2.02. The van der Waals surface area contributed by atoms with Gasteiger partial charge in [-0.2, -0.15) is 0 Å². The highest BCUT2D eigenvalue weighted by Crippen LogP contribution is 2.15. The van der Waals surface area contributed by atoms with Gasteiger partial charge < -0.3 is 5.32 Å². The lowest BCUT2D eigenvalue weighted by molar-refractivity contribution is 0.613. The molecule has 0 saturated carbocycles. The van der Waals surface area contributed by atoms with Gasteiger partial charge in [-0.3, -0.25) is 4.98 Å². The molecule has 1 aromatic carbocycles. The highest BCUT2D eigenvalue weighted by atomic mass is 19.1. The van der Waals surface area contributed by atoms with E-state index in [0.717, 1.165) is 17.1 Å². The Kier molecular flexibility index (Phi) is 3.38. The van der Waals surface area contributed by atoms with Gasteiger partial charge in [0.05, 0.1) is 11.4 Å². The number of nitrogens with one attached hydrogen (secondary N) is 1. The second-order valence-corrected chi connectivity index (χ2v) is 4.03. The first-order chi connectivity index (χ1) is 8.16. The molecular weight excluding hydrogens is 215 g/mol. The van der Waals surface area contributed by atoms with Gasteiger partial charge in [0.1, 0.15) is 5.82 Å². The summed E-state index contributed by atoms with van der Waals surface area (Å²) in [5.41, 5.74) is 3.52. The molecule has 0 atom stereocenters. The average molecular weight is 230 g/mol. The van der Waals surface area contributed by atoms with Crippen LogP contribution in [0.25, 0.3) is 0 Å². The van der Waals surface area contributed by atoms with Crippen molar-refractivity contribution in [2.24, 2.45) is 0 Å². The Hall–Kier alpha value is -1.90. The van der Waals surface area contributed by atoms with Crippen LogP contribution in [0.2, 0.25) is 0 Å². The van der Waals surface area contributed by atoms with E-state index in [1.54, 1.807) is 12.1 Å². The molecule has 0 saturated heterocycles. The maximum atomic E-state index is 13.4. The Morgan fingerprint density at radius 3 is 2.59 bits per heavy atom. The summed E-state index contributed by atoms with van der Waals surface area (Å²) < 4.78 is 13.4. The first kappa shape index (κ1) is 11.6. The summed E-state index contributed by atoms with van der Waals surface area (Å²) in [5, 5.41) is 3.19. The third kappa shape index (κ3) is 2.81. The minimum atomic E-state index is -0.183. The van der Waals surface area contributed by atoms with Crippen molar-refractivity contribution >= 4 is 5.69 Å². The normalized spacial score (nSPS) is 10.3. The van der Waals surface area contributed by atoms with Crippen molar-refractivity contribution in [2.75, 3.05) is 5.32 Å². The Balaban J connectivity index is 2.10. The van der Waals surface area contributed by atoms with E-state index in [1.165, 1.54) is 6.07 Å². The summed E-state index contributed by atoms with van der Waals surface area (Å²) in [4.78, 5) is 4.35. The summed E-state index contributed by atoms with van der Waals surface area (Å²) >= 11 is 0. The van der Waals surface area contributed by atoms with E-state index >= 15 is 0 Å². The van der Waals surface area contributed by atoms with E-state index in [4.69, 9.17) is 0 Å². The molecule has 2 rings (SSSR count). The van der Waals surface area contributed by atoms with Crippen LogP contribution in [0.3, 0.4) is 0 Å². The number of aromatic nitrogens is 1. The number of benzene rings is 1. The van der Waals surface area contributed by atoms with E-state index in [-0.39, 0.29) is 5.82 Å². The van der Waals surface area contributed by atoms with Crippen molar-refractivity contribution < 1.29 is 4.39 Å². The monoisotopic (exact) mass is 230 g/mol. The van der Waals surface area contributed by atoms with Crippen LogP contribution in [0.4, 0.5) is 10.1 Å².